The molecule has 0 aliphatic carbocycles. The SMILES string of the molecule is CCc1cc(-c2ccc(-c3ccc(B4OC(C)(C)C(C)(C)O4)cc3)cc2)c(CC)cc1-c1ccc(-c2ccc(B3OC(C)(C)C(C)(C)O3)cc2)cc1. The second-order valence-electron chi connectivity index (χ2n) is 16.4. The normalized spacial score (nSPS) is 18.6. The molecule has 7 rings (SSSR count). The Morgan fingerprint density at radius 1 is 0.365 bits per heavy atom. The molecule has 266 valence electrons. The van der Waals surface area contributed by atoms with Crippen LogP contribution in [0.2, 0.25) is 0 Å². The van der Waals surface area contributed by atoms with Gasteiger partial charge in [-0.1, -0.05) is 123 Å². The highest BCUT2D eigenvalue weighted by molar-refractivity contribution is 6.62. The molecule has 5 aromatic rings. The third-order valence-corrected chi connectivity index (χ3v) is 12.0. The van der Waals surface area contributed by atoms with Gasteiger partial charge in [-0.25, -0.2) is 0 Å². The number of rotatable bonds is 8. The van der Waals surface area contributed by atoms with E-state index in [9.17, 15) is 0 Å². The van der Waals surface area contributed by atoms with E-state index in [1.165, 1.54) is 55.6 Å². The summed E-state index contributed by atoms with van der Waals surface area (Å²) in [4.78, 5) is 0. The molecule has 2 fully saturated rings. The second-order valence-corrected chi connectivity index (χ2v) is 16.4. The molecule has 0 spiro atoms. The molecule has 2 saturated heterocycles. The topological polar surface area (TPSA) is 36.9 Å². The fraction of sp³-hybridized carbons (Fsp3) is 0.348. The first kappa shape index (κ1) is 36.4. The number of benzene rings is 5. The zero-order valence-corrected chi connectivity index (χ0v) is 32.6. The van der Waals surface area contributed by atoms with Gasteiger partial charge in [0.2, 0.25) is 0 Å². The van der Waals surface area contributed by atoms with Crippen molar-refractivity contribution < 1.29 is 18.6 Å². The van der Waals surface area contributed by atoms with E-state index in [2.05, 4.69) is 178 Å². The summed E-state index contributed by atoms with van der Waals surface area (Å²) in [6.07, 6.45) is 1.92. The van der Waals surface area contributed by atoms with Crippen molar-refractivity contribution in [3.8, 4) is 44.5 Å². The van der Waals surface area contributed by atoms with Crippen molar-refractivity contribution in [3.05, 3.63) is 120 Å². The number of aryl methyl sites for hydroxylation is 2. The van der Waals surface area contributed by atoms with Crippen LogP contribution in [-0.4, -0.2) is 36.6 Å². The van der Waals surface area contributed by atoms with Crippen LogP contribution in [0, 0.1) is 0 Å². The molecular formula is C46H52B2O4. The minimum absolute atomic E-state index is 0.352. The summed E-state index contributed by atoms with van der Waals surface area (Å²) in [5, 5.41) is 0. The summed E-state index contributed by atoms with van der Waals surface area (Å²) in [7, 11) is -0.705. The molecule has 0 aromatic heterocycles. The Morgan fingerprint density at radius 2 is 0.596 bits per heavy atom. The van der Waals surface area contributed by atoms with E-state index < -0.39 is 0 Å². The lowest BCUT2D eigenvalue weighted by Crippen LogP contribution is -2.41. The Labute approximate surface area is 312 Å². The molecule has 2 aliphatic heterocycles. The van der Waals surface area contributed by atoms with Gasteiger partial charge in [-0.2, -0.15) is 0 Å². The Bertz CT molecular complexity index is 1860. The van der Waals surface area contributed by atoms with Crippen LogP contribution in [-0.2, 0) is 31.5 Å². The molecule has 0 unspecified atom stereocenters. The molecular weight excluding hydrogens is 638 g/mol. The maximum atomic E-state index is 6.26. The van der Waals surface area contributed by atoms with E-state index in [0.29, 0.717) is 0 Å². The van der Waals surface area contributed by atoms with Crippen LogP contribution in [0.25, 0.3) is 44.5 Å². The summed E-state index contributed by atoms with van der Waals surface area (Å²) in [6.45, 7) is 21.2. The summed E-state index contributed by atoms with van der Waals surface area (Å²) < 4.78 is 25.0. The van der Waals surface area contributed by atoms with E-state index in [1.807, 2.05) is 0 Å². The number of hydrogen-bond donors (Lipinski definition) is 0. The largest absolute Gasteiger partial charge is 0.494 e. The highest BCUT2D eigenvalue weighted by Crippen LogP contribution is 2.39. The van der Waals surface area contributed by atoms with E-state index in [0.717, 1.165) is 23.8 Å². The van der Waals surface area contributed by atoms with Crippen molar-refractivity contribution in [2.75, 3.05) is 0 Å². The molecule has 5 aromatic carbocycles. The molecule has 2 heterocycles. The van der Waals surface area contributed by atoms with Crippen LogP contribution >= 0.6 is 0 Å². The van der Waals surface area contributed by atoms with Crippen molar-refractivity contribution >= 4 is 25.2 Å². The lowest BCUT2D eigenvalue weighted by molar-refractivity contribution is 0.00578. The van der Waals surface area contributed by atoms with Gasteiger partial charge in [0, 0.05) is 0 Å². The van der Waals surface area contributed by atoms with Crippen molar-refractivity contribution in [2.45, 2.75) is 104 Å². The lowest BCUT2D eigenvalue weighted by Gasteiger charge is -2.32. The molecule has 0 saturated carbocycles. The van der Waals surface area contributed by atoms with Gasteiger partial charge < -0.3 is 18.6 Å². The van der Waals surface area contributed by atoms with Crippen LogP contribution in [0.3, 0.4) is 0 Å². The van der Waals surface area contributed by atoms with E-state index in [1.54, 1.807) is 0 Å². The van der Waals surface area contributed by atoms with Crippen molar-refractivity contribution in [1.29, 1.82) is 0 Å². The van der Waals surface area contributed by atoms with Crippen LogP contribution in [0.15, 0.2) is 109 Å². The molecule has 0 radical (unpaired) electrons. The fourth-order valence-electron chi connectivity index (χ4n) is 7.12. The molecule has 0 amide bonds. The minimum Gasteiger partial charge on any atom is -0.399 e. The first-order valence-electron chi connectivity index (χ1n) is 18.9. The molecule has 4 nitrogen and oxygen atoms in total. The van der Waals surface area contributed by atoms with Gasteiger partial charge in [-0.3, -0.25) is 0 Å². The predicted molar refractivity (Wildman–Crippen MR) is 218 cm³/mol. The highest BCUT2D eigenvalue weighted by Gasteiger charge is 2.52. The van der Waals surface area contributed by atoms with Crippen LogP contribution in [0.5, 0.6) is 0 Å². The Hall–Kier alpha value is -3.93. The quantitative estimate of drug-likeness (QED) is 0.152. The monoisotopic (exact) mass is 690 g/mol. The second kappa shape index (κ2) is 13.5. The first-order chi connectivity index (χ1) is 24.6. The molecule has 6 heteroatoms. The summed E-state index contributed by atoms with van der Waals surface area (Å²) in [5.41, 5.74) is 13.2. The number of hydrogen-bond acceptors (Lipinski definition) is 4. The molecule has 2 aliphatic rings. The maximum absolute atomic E-state index is 6.26. The van der Waals surface area contributed by atoms with Crippen LogP contribution in [0.4, 0.5) is 0 Å². The predicted octanol–water partition coefficient (Wildman–Crippen LogP) is 10.1. The summed E-state index contributed by atoms with van der Waals surface area (Å²) >= 11 is 0. The first-order valence-corrected chi connectivity index (χ1v) is 18.9. The van der Waals surface area contributed by atoms with Gasteiger partial charge in [0.1, 0.15) is 0 Å². The highest BCUT2D eigenvalue weighted by atomic mass is 16.7. The van der Waals surface area contributed by atoms with Gasteiger partial charge >= 0.3 is 14.2 Å². The van der Waals surface area contributed by atoms with Crippen molar-refractivity contribution in [1.82, 2.24) is 0 Å². The Balaban J connectivity index is 1.08. The average molecular weight is 691 g/mol. The zero-order chi connectivity index (χ0) is 37.1. The van der Waals surface area contributed by atoms with Gasteiger partial charge in [0.15, 0.2) is 0 Å². The van der Waals surface area contributed by atoms with Crippen LogP contribution in [0.1, 0.15) is 80.4 Å². The van der Waals surface area contributed by atoms with Gasteiger partial charge in [0.05, 0.1) is 22.4 Å². The third kappa shape index (κ3) is 6.71. The summed E-state index contributed by atoms with van der Waals surface area (Å²) in [5.74, 6) is 0. The standard InChI is InChI=1S/C46H52B2O4/c1-11-31-29-42(38-19-15-34(16-20-38)36-23-27-40(28-24-36)48-51-45(7,8)46(9,10)52-48)32(12-2)30-41(31)37-17-13-33(14-18-37)35-21-25-39(26-22-35)47-49-43(3,4)44(5,6)50-47/h13-30H,11-12H2,1-10H3. The maximum Gasteiger partial charge on any atom is 0.494 e. The Morgan fingerprint density at radius 3 is 0.846 bits per heavy atom. The Kier molecular flexibility index (Phi) is 9.45. The van der Waals surface area contributed by atoms with Crippen molar-refractivity contribution in [2.24, 2.45) is 0 Å². The summed E-state index contributed by atoms with van der Waals surface area (Å²) in [6, 6.07) is 40.0. The van der Waals surface area contributed by atoms with Gasteiger partial charge in [-0.15, -0.1) is 0 Å². The van der Waals surface area contributed by atoms with Crippen LogP contribution < -0.4 is 10.9 Å². The lowest BCUT2D eigenvalue weighted by atomic mass is 9.78. The molecule has 0 atom stereocenters. The van der Waals surface area contributed by atoms with E-state index in [4.69, 9.17) is 18.6 Å². The zero-order valence-electron chi connectivity index (χ0n) is 32.6. The van der Waals surface area contributed by atoms with Gasteiger partial charge in [-0.05, 0) is 135 Å². The van der Waals surface area contributed by atoms with Crippen molar-refractivity contribution in [3.63, 3.8) is 0 Å². The van der Waals surface area contributed by atoms with E-state index in [-0.39, 0.29) is 36.6 Å². The minimum atomic E-state index is -0.353. The van der Waals surface area contributed by atoms with Gasteiger partial charge in [0.25, 0.3) is 0 Å². The average Bonchev–Trinajstić information content (AvgIpc) is 3.50. The molecule has 52 heavy (non-hydrogen) atoms. The third-order valence-electron chi connectivity index (χ3n) is 12.0. The molecule has 0 N–H and O–H groups in total. The fourth-order valence-corrected chi connectivity index (χ4v) is 7.12. The molecule has 0 bridgehead atoms. The van der Waals surface area contributed by atoms with E-state index >= 15 is 0 Å². The smallest absolute Gasteiger partial charge is 0.399 e.